The molecule has 0 bridgehead atoms. The number of nitrogens with one attached hydrogen (secondary N) is 2. The molecular formula is C14H20N2O4S. The first-order valence-electron chi connectivity index (χ1n) is 6.48. The summed E-state index contributed by atoms with van der Waals surface area (Å²) in [5, 5.41) is 14.7. The number of carbonyl (C=O) groups excluding carboxylic acids is 2. The van der Waals surface area contributed by atoms with Gasteiger partial charge in [0.25, 0.3) is 0 Å². The molecule has 3 N–H and O–H groups in total. The average molecular weight is 312 g/mol. The second-order valence-electron chi connectivity index (χ2n) is 5.86. The van der Waals surface area contributed by atoms with E-state index in [1.807, 2.05) is 0 Å². The van der Waals surface area contributed by atoms with Gasteiger partial charge in [-0.15, -0.1) is 11.3 Å². The number of carboxylic acid groups (broad SMARTS) is 1. The first-order chi connectivity index (χ1) is 9.52. The summed E-state index contributed by atoms with van der Waals surface area (Å²) in [6, 6.07) is 0.900. The maximum Gasteiger partial charge on any atom is 0.346 e. The van der Waals surface area contributed by atoms with Crippen LogP contribution in [0.1, 0.15) is 42.9 Å². The molecule has 116 valence electrons. The van der Waals surface area contributed by atoms with Gasteiger partial charge in [-0.2, -0.15) is 0 Å². The van der Waals surface area contributed by atoms with Crippen LogP contribution in [0.5, 0.6) is 0 Å². The molecule has 7 heteroatoms. The number of hydrogen-bond donors (Lipinski definition) is 3. The lowest BCUT2D eigenvalue weighted by Gasteiger charge is -2.21. The minimum atomic E-state index is -1.02. The summed E-state index contributed by atoms with van der Waals surface area (Å²) in [4.78, 5) is 35.0. The molecule has 0 aromatic carbocycles. The molecule has 0 radical (unpaired) electrons. The van der Waals surface area contributed by atoms with Crippen LogP contribution in [0.25, 0.3) is 0 Å². The standard InChI is InChI=1S/C14H20N2O4S/c1-7-6-9(21-10(7)12(18)19)16-11(17)8(2)15-13(20)14(3,4)5/h6,8H,1-5H3,(H,15,20)(H,16,17)(H,18,19). The molecule has 1 aromatic heterocycles. The van der Waals surface area contributed by atoms with Crippen molar-refractivity contribution in [3.8, 4) is 0 Å². The molecule has 0 aliphatic carbocycles. The Morgan fingerprint density at radius 1 is 1.29 bits per heavy atom. The van der Waals surface area contributed by atoms with E-state index in [0.29, 0.717) is 10.6 Å². The van der Waals surface area contributed by atoms with Crippen molar-refractivity contribution in [1.82, 2.24) is 5.32 Å². The predicted octanol–water partition coefficient (Wildman–Crippen LogP) is 2.24. The molecule has 1 unspecified atom stereocenters. The molecule has 0 saturated heterocycles. The third-order valence-electron chi connectivity index (χ3n) is 2.78. The Morgan fingerprint density at radius 3 is 2.29 bits per heavy atom. The average Bonchev–Trinajstić information content (AvgIpc) is 2.68. The van der Waals surface area contributed by atoms with Gasteiger partial charge in [0.15, 0.2) is 0 Å². The van der Waals surface area contributed by atoms with E-state index in [2.05, 4.69) is 10.6 Å². The lowest BCUT2D eigenvalue weighted by atomic mass is 9.95. The number of carbonyl (C=O) groups is 3. The first kappa shape index (κ1) is 17.2. The van der Waals surface area contributed by atoms with E-state index < -0.39 is 17.4 Å². The third kappa shape index (κ3) is 4.56. The zero-order chi connectivity index (χ0) is 16.4. The lowest BCUT2D eigenvalue weighted by Crippen LogP contribution is -2.46. The Bertz CT molecular complexity index is 572. The maximum absolute atomic E-state index is 12.0. The summed E-state index contributed by atoms with van der Waals surface area (Å²) in [7, 11) is 0. The van der Waals surface area contributed by atoms with Crippen LogP contribution >= 0.6 is 11.3 Å². The fraction of sp³-hybridized carbons (Fsp3) is 0.500. The highest BCUT2D eigenvalue weighted by atomic mass is 32.1. The highest BCUT2D eigenvalue weighted by Gasteiger charge is 2.25. The number of aryl methyl sites for hydroxylation is 1. The van der Waals surface area contributed by atoms with E-state index in [4.69, 9.17) is 5.11 Å². The number of thiophene rings is 1. The first-order valence-corrected chi connectivity index (χ1v) is 7.29. The maximum atomic E-state index is 12.0. The van der Waals surface area contributed by atoms with Crippen molar-refractivity contribution in [2.75, 3.05) is 5.32 Å². The number of aromatic carboxylic acids is 1. The van der Waals surface area contributed by atoms with Gasteiger partial charge in [-0.3, -0.25) is 9.59 Å². The van der Waals surface area contributed by atoms with Crippen LogP contribution in [0.2, 0.25) is 0 Å². The van der Waals surface area contributed by atoms with Crippen LogP contribution in [-0.4, -0.2) is 28.9 Å². The monoisotopic (exact) mass is 312 g/mol. The SMILES string of the molecule is Cc1cc(NC(=O)C(C)NC(=O)C(C)(C)C)sc1C(=O)O. The van der Waals surface area contributed by atoms with E-state index in [9.17, 15) is 14.4 Å². The molecule has 1 heterocycles. The molecule has 21 heavy (non-hydrogen) atoms. The zero-order valence-corrected chi connectivity index (χ0v) is 13.6. The van der Waals surface area contributed by atoms with E-state index in [-0.39, 0.29) is 16.7 Å². The van der Waals surface area contributed by atoms with Crippen LogP contribution in [0.3, 0.4) is 0 Å². The van der Waals surface area contributed by atoms with Gasteiger partial charge in [0.05, 0.1) is 5.00 Å². The van der Waals surface area contributed by atoms with Gasteiger partial charge in [0.1, 0.15) is 10.9 Å². The highest BCUT2D eigenvalue weighted by Crippen LogP contribution is 2.26. The van der Waals surface area contributed by atoms with Crippen molar-refractivity contribution >= 4 is 34.1 Å². The summed E-state index contributed by atoms with van der Waals surface area (Å²) in [5.74, 6) is -1.63. The molecule has 0 saturated carbocycles. The third-order valence-corrected chi connectivity index (χ3v) is 3.92. The quantitative estimate of drug-likeness (QED) is 0.794. The largest absolute Gasteiger partial charge is 0.477 e. The van der Waals surface area contributed by atoms with Crippen molar-refractivity contribution in [2.45, 2.75) is 40.7 Å². The molecule has 0 fully saturated rings. The summed E-state index contributed by atoms with van der Waals surface area (Å²) in [6.45, 7) is 8.52. The van der Waals surface area contributed by atoms with Gasteiger partial charge in [-0.1, -0.05) is 20.8 Å². The Morgan fingerprint density at radius 2 is 1.86 bits per heavy atom. The van der Waals surface area contributed by atoms with E-state index in [1.165, 1.54) is 0 Å². The number of anilines is 1. The van der Waals surface area contributed by atoms with Crippen molar-refractivity contribution in [3.63, 3.8) is 0 Å². The summed E-state index contributed by atoms with van der Waals surface area (Å²) in [6.07, 6.45) is 0. The Hall–Kier alpha value is -1.89. The van der Waals surface area contributed by atoms with Gasteiger partial charge in [-0.25, -0.2) is 4.79 Å². The van der Waals surface area contributed by atoms with E-state index in [1.54, 1.807) is 40.7 Å². The second kappa shape index (κ2) is 6.26. The van der Waals surface area contributed by atoms with Gasteiger partial charge in [0.2, 0.25) is 11.8 Å². The Balaban J connectivity index is 2.71. The summed E-state index contributed by atoms with van der Waals surface area (Å²) < 4.78 is 0. The second-order valence-corrected chi connectivity index (χ2v) is 6.91. The number of hydrogen-bond acceptors (Lipinski definition) is 4. The van der Waals surface area contributed by atoms with Crippen LogP contribution in [-0.2, 0) is 9.59 Å². The van der Waals surface area contributed by atoms with Crippen LogP contribution in [0.15, 0.2) is 6.07 Å². The van der Waals surface area contributed by atoms with Crippen molar-refractivity contribution in [1.29, 1.82) is 0 Å². The number of rotatable bonds is 4. The number of carboxylic acids is 1. The molecule has 2 amide bonds. The van der Waals surface area contributed by atoms with Crippen molar-refractivity contribution in [3.05, 3.63) is 16.5 Å². The van der Waals surface area contributed by atoms with E-state index >= 15 is 0 Å². The minimum absolute atomic E-state index is 0.191. The fourth-order valence-electron chi connectivity index (χ4n) is 1.46. The van der Waals surface area contributed by atoms with Gasteiger partial charge < -0.3 is 15.7 Å². The normalized spacial score (nSPS) is 12.6. The van der Waals surface area contributed by atoms with Gasteiger partial charge >= 0.3 is 5.97 Å². The molecule has 1 atom stereocenters. The van der Waals surface area contributed by atoms with Crippen LogP contribution in [0, 0.1) is 12.3 Å². The topological polar surface area (TPSA) is 95.5 Å². The van der Waals surface area contributed by atoms with Gasteiger partial charge in [-0.05, 0) is 25.5 Å². The number of amides is 2. The molecule has 0 aliphatic heterocycles. The molecule has 6 nitrogen and oxygen atoms in total. The minimum Gasteiger partial charge on any atom is -0.477 e. The molecule has 1 aromatic rings. The molecule has 1 rings (SSSR count). The zero-order valence-electron chi connectivity index (χ0n) is 12.7. The molecule has 0 aliphatic rings. The molecule has 0 spiro atoms. The highest BCUT2D eigenvalue weighted by molar-refractivity contribution is 7.18. The van der Waals surface area contributed by atoms with Crippen molar-refractivity contribution in [2.24, 2.45) is 5.41 Å². The predicted molar refractivity (Wildman–Crippen MR) is 81.7 cm³/mol. The molecular weight excluding hydrogens is 292 g/mol. The smallest absolute Gasteiger partial charge is 0.346 e. The Kier molecular flexibility index (Phi) is 5.11. The van der Waals surface area contributed by atoms with Crippen LogP contribution in [0.4, 0.5) is 5.00 Å². The fourth-order valence-corrected chi connectivity index (χ4v) is 2.38. The van der Waals surface area contributed by atoms with Crippen molar-refractivity contribution < 1.29 is 19.5 Å². The summed E-state index contributed by atoms with van der Waals surface area (Å²) >= 11 is 0.994. The van der Waals surface area contributed by atoms with E-state index in [0.717, 1.165) is 11.3 Å². The Labute approximate surface area is 127 Å². The lowest BCUT2D eigenvalue weighted by molar-refractivity contribution is -0.131. The summed E-state index contributed by atoms with van der Waals surface area (Å²) in [5.41, 5.74) is 0.0130. The van der Waals surface area contributed by atoms with Gasteiger partial charge in [0, 0.05) is 5.41 Å². The van der Waals surface area contributed by atoms with Crippen LogP contribution < -0.4 is 10.6 Å².